The average Bonchev–Trinajstić information content (AvgIpc) is 3.26. The lowest BCUT2D eigenvalue weighted by Gasteiger charge is -2.30. The van der Waals surface area contributed by atoms with Crippen molar-refractivity contribution < 1.29 is 14.7 Å². The van der Waals surface area contributed by atoms with E-state index in [1.807, 2.05) is 38.1 Å². The van der Waals surface area contributed by atoms with Crippen molar-refractivity contribution in [2.45, 2.75) is 39.2 Å². The van der Waals surface area contributed by atoms with Gasteiger partial charge in [0.2, 0.25) is 0 Å². The fourth-order valence-corrected chi connectivity index (χ4v) is 2.47. The van der Waals surface area contributed by atoms with Crippen LogP contribution in [0.5, 0.6) is 0 Å². The van der Waals surface area contributed by atoms with E-state index in [1.165, 1.54) is 0 Å². The molecule has 1 aromatic carbocycles. The molecule has 2 amide bonds. The van der Waals surface area contributed by atoms with Crippen LogP contribution in [0.4, 0.5) is 10.5 Å². The molecule has 1 N–H and O–H groups in total. The number of hydrogen-bond acceptors (Lipinski definition) is 2. The number of para-hydroxylation sites is 1. The molecule has 0 unspecified atom stereocenters. The highest BCUT2D eigenvalue weighted by atomic mass is 16.4. The van der Waals surface area contributed by atoms with Crippen molar-refractivity contribution in [3.8, 4) is 0 Å². The topological polar surface area (TPSA) is 60.9 Å². The molecule has 5 nitrogen and oxygen atoms in total. The van der Waals surface area contributed by atoms with Crippen molar-refractivity contribution >= 4 is 17.7 Å². The first-order valence-corrected chi connectivity index (χ1v) is 7.40. The average molecular weight is 290 g/mol. The van der Waals surface area contributed by atoms with Gasteiger partial charge in [-0.25, -0.2) is 4.79 Å². The summed E-state index contributed by atoms with van der Waals surface area (Å²) in [6.07, 6.45) is 1.93. The van der Waals surface area contributed by atoms with Crippen LogP contribution in [0.1, 0.15) is 31.7 Å². The second-order valence-corrected chi connectivity index (χ2v) is 5.38. The van der Waals surface area contributed by atoms with E-state index in [0.29, 0.717) is 6.54 Å². The van der Waals surface area contributed by atoms with Crippen LogP contribution >= 0.6 is 0 Å². The van der Waals surface area contributed by atoms with Gasteiger partial charge in [0.25, 0.3) is 0 Å². The third-order valence-electron chi connectivity index (χ3n) is 3.75. The Balaban J connectivity index is 2.17. The number of amides is 2. The molecule has 1 aliphatic carbocycles. The minimum Gasteiger partial charge on any atom is -0.481 e. The Hall–Kier alpha value is -2.04. The third-order valence-corrected chi connectivity index (χ3v) is 3.75. The molecule has 5 heteroatoms. The minimum absolute atomic E-state index is 0.00638. The molecule has 0 bridgehead atoms. The molecule has 0 saturated heterocycles. The van der Waals surface area contributed by atoms with Gasteiger partial charge in [-0.2, -0.15) is 0 Å². The van der Waals surface area contributed by atoms with Crippen LogP contribution in [0.15, 0.2) is 24.3 Å². The van der Waals surface area contributed by atoms with Gasteiger partial charge in [0.15, 0.2) is 0 Å². The van der Waals surface area contributed by atoms with E-state index in [-0.39, 0.29) is 25.0 Å². The number of nitrogens with zero attached hydrogens (tertiary/aromatic N) is 2. The van der Waals surface area contributed by atoms with Gasteiger partial charge in [-0.15, -0.1) is 0 Å². The fraction of sp³-hybridized carbons (Fsp3) is 0.500. The van der Waals surface area contributed by atoms with Crippen LogP contribution in [0.25, 0.3) is 0 Å². The summed E-state index contributed by atoms with van der Waals surface area (Å²) in [5.74, 6) is -0.868. The zero-order chi connectivity index (χ0) is 15.4. The molecular formula is C16H22N2O3. The number of carboxylic acids is 1. The Morgan fingerprint density at radius 1 is 1.29 bits per heavy atom. The van der Waals surface area contributed by atoms with Gasteiger partial charge < -0.3 is 10.0 Å². The van der Waals surface area contributed by atoms with Gasteiger partial charge in [0, 0.05) is 24.8 Å². The molecule has 0 aliphatic heterocycles. The SMILES string of the molecule is CCN(C(=O)N(CCC(=O)O)C1CC1)c1ccccc1C. The Bertz CT molecular complexity index is 526. The molecule has 114 valence electrons. The Morgan fingerprint density at radius 3 is 2.48 bits per heavy atom. The smallest absolute Gasteiger partial charge is 0.324 e. The summed E-state index contributed by atoms with van der Waals surface area (Å²) in [6, 6.07) is 7.88. The number of rotatable bonds is 6. The number of carbonyl (C=O) groups is 2. The molecule has 0 aromatic heterocycles. The first-order valence-electron chi connectivity index (χ1n) is 7.40. The molecule has 0 heterocycles. The van der Waals surface area contributed by atoms with Gasteiger partial charge in [-0.1, -0.05) is 18.2 Å². The standard InChI is InChI=1S/C16H22N2O3/c1-3-17(14-7-5-4-6-12(14)2)16(21)18(13-8-9-13)11-10-15(19)20/h4-7,13H,3,8-11H2,1-2H3,(H,19,20). The van der Waals surface area contributed by atoms with Crippen LogP contribution in [0.3, 0.4) is 0 Å². The van der Waals surface area contributed by atoms with Gasteiger partial charge in [0.1, 0.15) is 0 Å². The monoisotopic (exact) mass is 290 g/mol. The summed E-state index contributed by atoms with van der Waals surface area (Å²) in [4.78, 5) is 27.0. The molecule has 2 rings (SSSR count). The van der Waals surface area contributed by atoms with Crippen molar-refractivity contribution in [1.29, 1.82) is 0 Å². The van der Waals surface area contributed by atoms with E-state index in [0.717, 1.165) is 24.1 Å². The molecule has 0 atom stereocenters. The molecule has 1 fully saturated rings. The quantitative estimate of drug-likeness (QED) is 0.876. The van der Waals surface area contributed by atoms with Crippen LogP contribution in [0, 0.1) is 6.92 Å². The summed E-state index contributed by atoms with van der Waals surface area (Å²) < 4.78 is 0. The van der Waals surface area contributed by atoms with E-state index in [1.54, 1.807) is 9.80 Å². The van der Waals surface area contributed by atoms with Crippen LogP contribution < -0.4 is 4.90 Å². The van der Waals surface area contributed by atoms with Crippen LogP contribution in [0.2, 0.25) is 0 Å². The molecule has 0 spiro atoms. The van der Waals surface area contributed by atoms with E-state index in [2.05, 4.69) is 0 Å². The Kier molecular flexibility index (Phi) is 4.83. The highest BCUT2D eigenvalue weighted by Crippen LogP contribution is 2.30. The minimum atomic E-state index is -0.868. The summed E-state index contributed by atoms with van der Waals surface area (Å²) in [5, 5.41) is 8.85. The lowest BCUT2D eigenvalue weighted by atomic mass is 10.2. The number of aryl methyl sites for hydroxylation is 1. The van der Waals surface area contributed by atoms with Gasteiger partial charge in [-0.05, 0) is 38.3 Å². The summed E-state index contributed by atoms with van der Waals surface area (Å²) >= 11 is 0. The predicted octanol–water partition coefficient (Wildman–Crippen LogP) is 2.88. The molecule has 0 radical (unpaired) electrons. The number of anilines is 1. The normalized spacial score (nSPS) is 13.8. The van der Waals surface area contributed by atoms with E-state index in [4.69, 9.17) is 5.11 Å². The fourth-order valence-electron chi connectivity index (χ4n) is 2.47. The summed E-state index contributed by atoms with van der Waals surface area (Å²) in [6.45, 7) is 4.76. The van der Waals surface area contributed by atoms with Crippen molar-refractivity contribution in [2.75, 3.05) is 18.0 Å². The van der Waals surface area contributed by atoms with Crippen molar-refractivity contribution in [1.82, 2.24) is 4.90 Å². The molecule has 1 aliphatic rings. The molecule has 1 aromatic rings. The second kappa shape index (κ2) is 6.61. The number of hydrogen-bond donors (Lipinski definition) is 1. The van der Waals surface area contributed by atoms with Gasteiger partial charge in [0.05, 0.1) is 6.42 Å². The first-order chi connectivity index (χ1) is 10.0. The number of aliphatic carboxylic acids is 1. The number of carboxylic acid groups (broad SMARTS) is 1. The number of carbonyl (C=O) groups excluding carboxylic acids is 1. The largest absolute Gasteiger partial charge is 0.481 e. The molecular weight excluding hydrogens is 268 g/mol. The first kappa shape index (κ1) is 15.4. The third kappa shape index (κ3) is 3.74. The predicted molar refractivity (Wildman–Crippen MR) is 81.6 cm³/mol. The van der Waals surface area contributed by atoms with Crippen LogP contribution in [-0.2, 0) is 4.79 Å². The van der Waals surface area contributed by atoms with Gasteiger partial charge in [-0.3, -0.25) is 9.69 Å². The highest BCUT2D eigenvalue weighted by Gasteiger charge is 2.35. The lowest BCUT2D eigenvalue weighted by Crippen LogP contribution is -2.45. The molecule has 1 saturated carbocycles. The maximum absolute atomic E-state index is 12.8. The van der Waals surface area contributed by atoms with E-state index < -0.39 is 5.97 Å². The maximum Gasteiger partial charge on any atom is 0.324 e. The highest BCUT2D eigenvalue weighted by molar-refractivity contribution is 5.93. The summed E-state index contributed by atoms with van der Waals surface area (Å²) in [5.41, 5.74) is 1.94. The van der Waals surface area contributed by atoms with Crippen molar-refractivity contribution in [2.24, 2.45) is 0 Å². The number of urea groups is 1. The lowest BCUT2D eigenvalue weighted by molar-refractivity contribution is -0.137. The maximum atomic E-state index is 12.8. The zero-order valence-corrected chi connectivity index (χ0v) is 12.6. The molecule has 21 heavy (non-hydrogen) atoms. The second-order valence-electron chi connectivity index (χ2n) is 5.38. The Labute approximate surface area is 125 Å². The Morgan fingerprint density at radius 2 is 1.95 bits per heavy atom. The van der Waals surface area contributed by atoms with Crippen molar-refractivity contribution in [3.05, 3.63) is 29.8 Å². The van der Waals surface area contributed by atoms with Crippen LogP contribution in [-0.4, -0.2) is 41.1 Å². The van der Waals surface area contributed by atoms with E-state index >= 15 is 0 Å². The van der Waals surface area contributed by atoms with Gasteiger partial charge >= 0.3 is 12.0 Å². The van der Waals surface area contributed by atoms with E-state index in [9.17, 15) is 9.59 Å². The zero-order valence-electron chi connectivity index (χ0n) is 12.6. The summed E-state index contributed by atoms with van der Waals surface area (Å²) in [7, 11) is 0. The number of benzene rings is 1. The van der Waals surface area contributed by atoms with Crippen molar-refractivity contribution in [3.63, 3.8) is 0 Å².